The smallest absolute Gasteiger partial charge is 0.264 e. The van der Waals surface area contributed by atoms with Crippen LogP contribution in [-0.4, -0.2) is 74.5 Å². The molecule has 3 aromatic rings. The van der Waals surface area contributed by atoms with Crippen LogP contribution in [0.25, 0.3) is 0 Å². The fourth-order valence-corrected chi connectivity index (χ4v) is 6.08. The minimum absolute atomic E-state index is 0.218. The van der Waals surface area contributed by atoms with Crippen LogP contribution in [-0.2, 0) is 10.4 Å². The van der Waals surface area contributed by atoms with E-state index >= 15 is 0 Å². The average molecular weight is 591 g/mol. The molecule has 0 bridgehead atoms. The second-order valence-corrected chi connectivity index (χ2v) is 11.8. The molecule has 1 amide bonds. The normalized spacial score (nSPS) is 18.5. The number of halogens is 3. The fourth-order valence-electron chi connectivity index (χ4n) is 5.29. The molecule has 1 atom stereocenters. The summed E-state index contributed by atoms with van der Waals surface area (Å²) in [5.74, 6) is -0.561. The van der Waals surface area contributed by atoms with Crippen LogP contribution >= 0.6 is 34.8 Å². The third-order valence-electron chi connectivity index (χ3n) is 7.54. The number of nitrogens with zero attached hydrogens (tertiary/aromatic N) is 4. The maximum absolute atomic E-state index is 13.2. The first kappa shape index (κ1) is 27.9. The Morgan fingerprint density at radius 3 is 2.31 bits per heavy atom. The van der Waals surface area contributed by atoms with Crippen molar-refractivity contribution in [1.82, 2.24) is 19.4 Å². The van der Waals surface area contributed by atoms with Crippen molar-refractivity contribution < 1.29 is 14.7 Å². The molecule has 2 aromatic carbocycles. The van der Waals surface area contributed by atoms with Crippen molar-refractivity contribution in [2.75, 3.05) is 31.5 Å². The van der Waals surface area contributed by atoms with Gasteiger partial charge in [0.25, 0.3) is 11.8 Å². The number of carbonyl (C=O) groups is 2. The number of hydrogen-bond donors (Lipinski definition) is 2. The molecule has 5 rings (SSSR count). The van der Waals surface area contributed by atoms with Crippen LogP contribution in [0.1, 0.15) is 41.4 Å². The van der Waals surface area contributed by atoms with Crippen molar-refractivity contribution in [2.45, 2.75) is 44.4 Å². The lowest BCUT2D eigenvalue weighted by atomic mass is 9.92. The van der Waals surface area contributed by atoms with Crippen LogP contribution in [0.5, 0.6) is 0 Å². The number of amides is 1. The summed E-state index contributed by atoms with van der Waals surface area (Å²) < 4.78 is 1.43. The van der Waals surface area contributed by atoms with Crippen LogP contribution in [0.15, 0.2) is 48.9 Å². The molecule has 0 unspecified atom stereocenters. The molecule has 0 aliphatic carbocycles. The molecule has 0 spiro atoms. The van der Waals surface area contributed by atoms with E-state index in [1.807, 2.05) is 13.0 Å². The number of benzene rings is 2. The number of aliphatic hydroxyl groups is 1. The second kappa shape index (κ2) is 11.1. The minimum Gasteiger partial charge on any atom is -0.380 e. The molecule has 2 fully saturated rings. The van der Waals surface area contributed by atoms with Crippen LogP contribution < -0.4 is 5.32 Å². The number of piperidine rings is 1. The lowest BCUT2D eigenvalue weighted by Gasteiger charge is -2.48. The summed E-state index contributed by atoms with van der Waals surface area (Å²) in [5, 5.41) is 15.7. The lowest BCUT2D eigenvalue weighted by Crippen LogP contribution is -2.61. The van der Waals surface area contributed by atoms with Gasteiger partial charge in [0.1, 0.15) is 6.33 Å². The highest BCUT2D eigenvalue weighted by Gasteiger charge is 2.40. The Morgan fingerprint density at radius 1 is 1.05 bits per heavy atom. The van der Waals surface area contributed by atoms with Gasteiger partial charge in [-0.1, -0.05) is 34.8 Å². The van der Waals surface area contributed by atoms with Gasteiger partial charge in [0.05, 0.1) is 22.3 Å². The van der Waals surface area contributed by atoms with Gasteiger partial charge in [-0.15, -0.1) is 0 Å². The number of imidazole rings is 1. The van der Waals surface area contributed by atoms with E-state index in [4.69, 9.17) is 34.8 Å². The molecule has 8 nitrogen and oxygen atoms in total. The number of likely N-dealkylation sites (tertiary alicyclic amines) is 2. The average Bonchev–Trinajstić information content (AvgIpc) is 3.31. The summed E-state index contributed by atoms with van der Waals surface area (Å²) in [5.41, 5.74) is 0.740. The Kier molecular flexibility index (Phi) is 7.95. The molecule has 2 aliphatic heterocycles. The van der Waals surface area contributed by atoms with Gasteiger partial charge < -0.3 is 15.3 Å². The van der Waals surface area contributed by atoms with Crippen LogP contribution in [0.4, 0.5) is 5.69 Å². The molecule has 0 radical (unpaired) electrons. The number of carbonyl (C=O) groups excluding carboxylic acids is 2. The Bertz CT molecular complexity index is 1370. The summed E-state index contributed by atoms with van der Waals surface area (Å²) in [7, 11) is 0. The zero-order valence-corrected chi connectivity index (χ0v) is 24.0. The molecular formula is C28H30Cl3N5O3. The molecular weight excluding hydrogens is 561 g/mol. The van der Waals surface area contributed by atoms with Gasteiger partial charge in [-0.2, -0.15) is 0 Å². The number of nitrogens with one attached hydrogen (secondary N) is 1. The SMILES string of the molecule is Cc1cn(C(=O)c2ccc(NC3CN(C4CCN(C(=O)[C@@](C)(O)c5cc(Cl)cc(Cl)c5)CC4)C3)cc2Cl)cn1. The van der Waals surface area contributed by atoms with Gasteiger partial charge in [0, 0.05) is 54.2 Å². The number of anilines is 1. The lowest BCUT2D eigenvalue weighted by molar-refractivity contribution is -0.152. The second-order valence-electron chi connectivity index (χ2n) is 10.5. The predicted molar refractivity (Wildman–Crippen MR) is 153 cm³/mol. The maximum Gasteiger partial charge on any atom is 0.264 e. The summed E-state index contributed by atoms with van der Waals surface area (Å²) in [4.78, 5) is 34.1. The van der Waals surface area contributed by atoms with Crippen molar-refractivity contribution in [3.8, 4) is 0 Å². The summed E-state index contributed by atoms with van der Waals surface area (Å²) >= 11 is 18.6. The van der Waals surface area contributed by atoms with Crippen LogP contribution in [0, 0.1) is 6.92 Å². The summed E-state index contributed by atoms with van der Waals surface area (Å²) in [6.45, 7) is 6.22. The maximum atomic E-state index is 13.2. The zero-order valence-electron chi connectivity index (χ0n) is 21.7. The first-order valence-electron chi connectivity index (χ1n) is 12.8. The zero-order chi connectivity index (χ0) is 27.9. The van der Waals surface area contributed by atoms with Crippen LogP contribution in [0.2, 0.25) is 15.1 Å². The highest BCUT2D eigenvalue weighted by Crippen LogP contribution is 2.31. The van der Waals surface area contributed by atoms with Crippen molar-refractivity contribution in [3.05, 3.63) is 80.8 Å². The molecule has 0 saturated carbocycles. The third-order valence-corrected chi connectivity index (χ3v) is 8.28. The first-order chi connectivity index (χ1) is 18.5. The van der Waals surface area contributed by atoms with Crippen molar-refractivity contribution >= 4 is 52.3 Å². The van der Waals surface area contributed by atoms with Gasteiger partial charge in [-0.3, -0.25) is 19.1 Å². The van der Waals surface area contributed by atoms with Crippen molar-refractivity contribution in [2.24, 2.45) is 0 Å². The van der Waals surface area contributed by atoms with Gasteiger partial charge >= 0.3 is 0 Å². The highest BCUT2D eigenvalue weighted by atomic mass is 35.5. The molecule has 1 aromatic heterocycles. The van der Waals surface area contributed by atoms with Crippen LogP contribution in [0.3, 0.4) is 0 Å². The van der Waals surface area contributed by atoms with E-state index < -0.39 is 5.60 Å². The van der Waals surface area contributed by atoms with E-state index in [0.717, 1.165) is 37.3 Å². The van der Waals surface area contributed by atoms with E-state index in [1.165, 1.54) is 17.8 Å². The quantitative estimate of drug-likeness (QED) is 0.427. The van der Waals surface area contributed by atoms with Gasteiger partial charge in [0.15, 0.2) is 5.60 Å². The summed E-state index contributed by atoms with van der Waals surface area (Å²) in [6.07, 6.45) is 4.83. The number of hydrogen-bond acceptors (Lipinski definition) is 6. The molecule has 39 heavy (non-hydrogen) atoms. The predicted octanol–water partition coefficient (Wildman–Crippen LogP) is 4.84. The molecule has 206 valence electrons. The van der Waals surface area contributed by atoms with Gasteiger partial charge in [-0.05, 0) is 68.7 Å². The largest absolute Gasteiger partial charge is 0.380 e. The Balaban J connectivity index is 1.11. The van der Waals surface area contributed by atoms with E-state index in [0.29, 0.717) is 45.3 Å². The van der Waals surface area contributed by atoms with Gasteiger partial charge in [0.2, 0.25) is 0 Å². The fraction of sp³-hybridized carbons (Fsp3) is 0.393. The number of aromatic nitrogens is 2. The standard InChI is InChI=1S/C28H30Cl3N5O3/c1-17-13-36(16-32-17)26(37)24-4-3-21(12-25(24)31)33-22-14-35(15-22)23-5-7-34(8-6-23)27(38)28(2,39)18-9-19(29)11-20(30)10-18/h3-4,9-13,16,22-23,33,39H,5-8,14-15H2,1-2H3/t28-/m0/s1. The van der Waals surface area contributed by atoms with Gasteiger partial charge in [-0.25, -0.2) is 4.98 Å². The van der Waals surface area contributed by atoms with Crippen molar-refractivity contribution in [3.63, 3.8) is 0 Å². The molecule has 2 aliphatic rings. The topological polar surface area (TPSA) is 90.7 Å². The Labute approximate surface area is 242 Å². The minimum atomic E-state index is -1.70. The van der Waals surface area contributed by atoms with E-state index in [2.05, 4.69) is 15.2 Å². The molecule has 2 saturated heterocycles. The van der Waals surface area contributed by atoms with E-state index in [9.17, 15) is 14.7 Å². The number of rotatable bonds is 6. The number of aryl methyl sites for hydroxylation is 1. The summed E-state index contributed by atoms with van der Waals surface area (Å²) in [6, 6.07) is 10.8. The van der Waals surface area contributed by atoms with E-state index in [-0.39, 0.29) is 17.9 Å². The third kappa shape index (κ3) is 5.95. The Morgan fingerprint density at radius 2 is 1.72 bits per heavy atom. The first-order valence-corrected chi connectivity index (χ1v) is 14.0. The Hall–Kier alpha value is -2.62. The molecule has 11 heteroatoms. The highest BCUT2D eigenvalue weighted by molar-refractivity contribution is 6.35. The molecule has 3 heterocycles. The monoisotopic (exact) mass is 589 g/mol. The van der Waals surface area contributed by atoms with Crippen molar-refractivity contribution in [1.29, 1.82) is 0 Å². The van der Waals surface area contributed by atoms with E-state index in [1.54, 1.807) is 41.4 Å². The molecule has 2 N–H and O–H groups in total.